The zero-order valence-electron chi connectivity index (χ0n) is 12.4. The van der Waals surface area contributed by atoms with Crippen LogP contribution < -0.4 is 4.74 Å². The number of methoxy groups -OCH3 is 1. The van der Waals surface area contributed by atoms with Crippen molar-refractivity contribution >= 4 is 11.1 Å². The topological polar surface area (TPSA) is 48.2 Å². The van der Waals surface area contributed by atoms with Gasteiger partial charge in [-0.1, -0.05) is 5.16 Å². The number of aromatic nitrogens is 2. The van der Waals surface area contributed by atoms with Gasteiger partial charge in [-0.05, 0) is 43.2 Å². The smallest absolute Gasteiger partial charge is 0.264 e. The van der Waals surface area contributed by atoms with Gasteiger partial charge in [-0.25, -0.2) is 13.8 Å². The van der Waals surface area contributed by atoms with Crippen LogP contribution in [0.15, 0.2) is 34.9 Å². The van der Waals surface area contributed by atoms with Crippen molar-refractivity contribution in [2.45, 2.75) is 25.2 Å². The van der Waals surface area contributed by atoms with Crippen molar-refractivity contribution in [1.82, 2.24) is 10.1 Å². The van der Waals surface area contributed by atoms with Crippen molar-refractivity contribution in [2.75, 3.05) is 7.11 Å². The number of fused-ring (bicyclic) bond motifs is 1. The van der Waals surface area contributed by atoms with Crippen LogP contribution in [0.2, 0.25) is 0 Å². The summed E-state index contributed by atoms with van der Waals surface area (Å²) in [5.41, 5.74) is 1.89. The van der Waals surface area contributed by atoms with Gasteiger partial charge in [-0.2, -0.15) is 0 Å². The Morgan fingerprint density at radius 2 is 1.96 bits per heavy atom. The second-order valence-corrected chi connectivity index (χ2v) is 5.65. The molecule has 0 saturated heterocycles. The predicted molar refractivity (Wildman–Crippen MR) is 80.7 cm³/mol. The molecule has 1 fully saturated rings. The van der Waals surface area contributed by atoms with Crippen molar-refractivity contribution in [1.29, 1.82) is 0 Å². The lowest BCUT2D eigenvalue weighted by molar-refractivity contribution is 0.153. The minimum absolute atomic E-state index is 0.0658. The highest BCUT2D eigenvalue weighted by Crippen LogP contribution is 2.45. The maximum atomic E-state index is 13.5. The van der Waals surface area contributed by atoms with Gasteiger partial charge in [0.1, 0.15) is 5.75 Å². The van der Waals surface area contributed by atoms with Crippen molar-refractivity contribution in [3.8, 4) is 17.0 Å². The molecule has 0 aliphatic heterocycles. The van der Waals surface area contributed by atoms with Crippen LogP contribution in [0, 0.1) is 0 Å². The number of ether oxygens (including phenoxy) is 1. The van der Waals surface area contributed by atoms with E-state index in [0.717, 1.165) is 18.4 Å². The molecule has 4 nitrogen and oxygen atoms in total. The zero-order valence-corrected chi connectivity index (χ0v) is 12.4. The molecule has 0 amide bonds. The second kappa shape index (κ2) is 5.30. The second-order valence-electron chi connectivity index (χ2n) is 5.65. The largest absolute Gasteiger partial charge is 0.497 e. The Morgan fingerprint density at radius 1 is 1.22 bits per heavy atom. The molecule has 23 heavy (non-hydrogen) atoms. The van der Waals surface area contributed by atoms with Gasteiger partial charge in [0.2, 0.25) is 0 Å². The van der Waals surface area contributed by atoms with Gasteiger partial charge < -0.3 is 9.26 Å². The number of alkyl halides is 2. The third-order valence-corrected chi connectivity index (χ3v) is 4.09. The van der Waals surface area contributed by atoms with Gasteiger partial charge in [0.05, 0.1) is 23.9 Å². The Labute approximate surface area is 131 Å². The van der Waals surface area contributed by atoms with Gasteiger partial charge in [0, 0.05) is 17.0 Å². The van der Waals surface area contributed by atoms with E-state index in [9.17, 15) is 8.78 Å². The molecule has 6 heteroatoms. The Bertz CT molecular complexity index is 855. The highest BCUT2D eigenvalue weighted by molar-refractivity contribution is 5.84. The molecular weight excluding hydrogens is 302 g/mol. The number of rotatable bonds is 4. The summed E-state index contributed by atoms with van der Waals surface area (Å²) in [6.45, 7) is 0. The minimum atomic E-state index is -2.60. The molecule has 0 bridgehead atoms. The summed E-state index contributed by atoms with van der Waals surface area (Å²) >= 11 is 0. The van der Waals surface area contributed by atoms with Crippen LogP contribution in [0.25, 0.3) is 22.4 Å². The number of hydrogen-bond acceptors (Lipinski definition) is 4. The van der Waals surface area contributed by atoms with Crippen LogP contribution in [0.4, 0.5) is 8.78 Å². The third-order valence-electron chi connectivity index (χ3n) is 4.09. The van der Waals surface area contributed by atoms with Crippen LogP contribution in [-0.2, 0) is 0 Å². The van der Waals surface area contributed by atoms with E-state index in [4.69, 9.17) is 9.26 Å². The summed E-state index contributed by atoms with van der Waals surface area (Å²) in [6, 6.07) is 8.51. The van der Waals surface area contributed by atoms with Crippen molar-refractivity contribution < 1.29 is 18.0 Å². The Hall–Kier alpha value is -2.50. The van der Waals surface area contributed by atoms with Crippen molar-refractivity contribution in [3.63, 3.8) is 0 Å². The van der Waals surface area contributed by atoms with E-state index < -0.39 is 6.43 Å². The summed E-state index contributed by atoms with van der Waals surface area (Å²) < 4.78 is 37.4. The molecule has 0 N–H and O–H groups in total. The summed E-state index contributed by atoms with van der Waals surface area (Å²) in [4.78, 5) is 4.37. The quantitative estimate of drug-likeness (QED) is 0.699. The molecule has 4 rings (SSSR count). The lowest BCUT2D eigenvalue weighted by Crippen LogP contribution is -1.94. The number of nitrogens with zero attached hydrogens (tertiary/aromatic N) is 2. The monoisotopic (exact) mass is 316 g/mol. The Kier molecular flexibility index (Phi) is 3.25. The fourth-order valence-corrected chi connectivity index (χ4v) is 2.72. The van der Waals surface area contributed by atoms with E-state index in [-0.39, 0.29) is 17.2 Å². The third kappa shape index (κ3) is 2.44. The van der Waals surface area contributed by atoms with Gasteiger partial charge in [-0.3, -0.25) is 0 Å². The summed E-state index contributed by atoms with van der Waals surface area (Å²) in [5, 5.41) is 4.35. The van der Waals surface area contributed by atoms with Crippen molar-refractivity contribution in [2.24, 2.45) is 0 Å². The lowest BCUT2D eigenvalue weighted by Gasteiger charge is -2.07. The summed E-state index contributed by atoms with van der Waals surface area (Å²) in [7, 11) is 1.57. The van der Waals surface area contributed by atoms with Gasteiger partial charge in [-0.15, -0.1) is 0 Å². The maximum absolute atomic E-state index is 13.5. The van der Waals surface area contributed by atoms with E-state index in [0.29, 0.717) is 22.5 Å². The SMILES string of the molecule is COc1ccc(-c2cc(C(F)F)c3c(C4CC4)noc3n2)cc1. The van der Waals surface area contributed by atoms with Crippen LogP contribution >= 0.6 is 0 Å². The predicted octanol–water partition coefficient (Wildman–Crippen LogP) is 4.71. The Balaban J connectivity index is 1.87. The molecule has 1 aromatic carbocycles. The number of benzene rings is 1. The van der Waals surface area contributed by atoms with Crippen LogP contribution in [0.3, 0.4) is 0 Å². The summed E-state index contributed by atoms with van der Waals surface area (Å²) in [6.07, 6.45) is -0.677. The highest BCUT2D eigenvalue weighted by atomic mass is 19.3. The fourth-order valence-electron chi connectivity index (χ4n) is 2.72. The average molecular weight is 316 g/mol. The molecular formula is C17H14F2N2O2. The van der Waals surface area contributed by atoms with Crippen LogP contribution in [-0.4, -0.2) is 17.3 Å². The average Bonchev–Trinajstić information content (AvgIpc) is 3.33. The first kappa shape index (κ1) is 14.1. The van der Waals surface area contributed by atoms with E-state index in [1.165, 1.54) is 6.07 Å². The fraction of sp³-hybridized carbons (Fsp3) is 0.294. The molecule has 2 heterocycles. The molecule has 0 atom stereocenters. The minimum Gasteiger partial charge on any atom is -0.497 e. The summed E-state index contributed by atoms with van der Waals surface area (Å²) in [5.74, 6) is 0.919. The molecule has 1 saturated carbocycles. The van der Waals surface area contributed by atoms with Gasteiger partial charge in [0.25, 0.3) is 12.1 Å². The lowest BCUT2D eigenvalue weighted by atomic mass is 10.0. The number of hydrogen-bond donors (Lipinski definition) is 0. The van der Waals surface area contributed by atoms with Crippen molar-refractivity contribution in [3.05, 3.63) is 41.6 Å². The van der Waals surface area contributed by atoms with Gasteiger partial charge >= 0.3 is 0 Å². The number of pyridine rings is 1. The molecule has 2 aromatic heterocycles. The molecule has 1 aliphatic carbocycles. The van der Waals surface area contributed by atoms with E-state index >= 15 is 0 Å². The normalized spacial score (nSPS) is 14.6. The van der Waals surface area contributed by atoms with E-state index in [2.05, 4.69) is 10.1 Å². The molecule has 3 aromatic rings. The maximum Gasteiger partial charge on any atom is 0.264 e. The molecule has 1 aliphatic rings. The first-order valence-electron chi connectivity index (χ1n) is 7.40. The number of halogens is 2. The zero-order chi connectivity index (χ0) is 16.0. The van der Waals surface area contributed by atoms with E-state index in [1.54, 1.807) is 31.4 Å². The van der Waals surface area contributed by atoms with Crippen LogP contribution in [0.5, 0.6) is 5.75 Å². The first-order valence-corrected chi connectivity index (χ1v) is 7.40. The van der Waals surface area contributed by atoms with E-state index in [1.807, 2.05) is 0 Å². The molecule has 0 unspecified atom stereocenters. The molecule has 0 radical (unpaired) electrons. The first-order chi connectivity index (χ1) is 11.2. The van der Waals surface area contributed by atoms with Gasteiger partial charge in [0.15, 0.2) is 0 Å². The Morgan fingerprint density at radius 3 is 2.57 bits per heavy atom. The standard InChI is InChI=1S/C17H14F2N2O2/c1-22-11-6-4-9(5-7-11)13-8-12(16(18)19)14-15(10-2-3-10)21-23-17(14)20-13/h4-8,10,16H,2-3H2,1H3. The molecule has 118 valence electrons. The van der Waals surface area contributed by atoms with Crippen LogP contribution in [0.1, 0.15) is 36.4 Å². The molecule has 0 spiro atoms. The highest BCUT2D eigenvalue weighted by Gasteiger charge is 2.32.